The maximum atomic E-state index is 10.9. The fraction of sp³-hybridized carbons (Fsp3) is 0.600. The summed E-state index contributed by atoms with van der Waals surface area (Å²) in [5.41, 5.74) is 4.45. The van der Waals surface area contributed by atoms with E-state index < -0.39 is 6.10 Å². The van der Waals surface area contributed by atoms with Crippen LogP contribution in [0.1, 0.15) is 35.4 Å². The van der Waals surface area contributed by atoms with Gasteiger partial charge in [0, 0.05) is 52.3 Å². The quantitative estimate of drug-likeness (QED) is 0.386. The summed E-state index contributed by atoms with van der Waals surface area (Å²) in [4.78, 5) is 2.36. The van der Waals surface area contributed by atoms with Gasteiger partial charge in [0.15, 0.2) is 0 Å². The average Bonchev–Trinajstić information content (AvgIpc) is 3.71. The van der Waals surface area contributed by atoms with Crippen LogP contribution in [0.15, 0.2) is 42.5 Å². The molecule has 0 radical (unpaired) electrons. The molecule has 0 amide bonds. The Labute approximate surface area is 226 Å². The monoisotopic (exact) mass is 526 g/mol. The maximum absolute atomic E-state index is 10.9. The van der Waals surface area contributed by atoms with Gasteiger partial charge in [-0.05, 0) is 41.7 Å². The van der Waals surface area contributed by atoms with Crippen molar-refractivity contribution in [3.63, 3.8) is 0 Å². The minimum atomic E-state index is -0.509. The fourth-order valence-electron chi connectivity index (χ4n) is 5.57. The molecule has 2 N–H and O–H groups in total. The van der Waals surface area contributed by atoms with Gasteiger partial charge in [-0.1, -0.05) is 30.3 Å². The molecule has 5 atom stereocenters. The van der Waals surface area contributed by atoms with Crippen LogP contribution in [0.5, 0.6) is 5.75 Å². The highest BCUT2D eigenvalue weighted by Gasteiger charge is 2.37. The summed E-state index contributed by atoms with van der Waals surface area (Å²) in [6.45, 7) is 6.32. The zero-order chi connectivity index (χ0) is 26.3. The first-order chi connectivity index (χ1) is 18.7. The molecule has 2 heterocycles. The molecule has 2 aliphatic heterocycles. The molecule has 2 fully saturated rings. The van der Waals surface area contributed by atoms with Crippen LogP contribution in [0.2, 0.25) is 0 Å². The molecule has 8 nitrogen and oxygen atoms in total. The summed E-state index contributed by atoms with van der Waals surface area (Å²) in [7, 11) is 3.50. The van der Waals surface area contributed by atoms with Crippen LogP contribution in [0, 0.1) is 5.92 Å². The Morgan fingerprint density at radius 1 is 1.03 bits per heavy atom. The van der Waals surface area contributed by atoms with Crippen LogP contribution in [-0.4, -0.2) is 83.6 Å². The van der Waals surface area contributed by atoms with E-state index >= 15 is 0 Å². The number of anilines is 1. The third-order valence-corrected chi connectivity index (χ3v) is 7.86. The second kappa shape index (κ2) is 13.2. The molecule has 1 saturated carbocycles. The van der Waals surface area contributed by atoms with E-state index in [1.165, 1.54) is 0 Å². The Bertz CT molecular complexity index is 1020. The molecule has 8 heteroatoms. The van der Waals surface area contributed by atoms with Gasteiger partial charge in [0.1, 0.15) is 12.4 Å². The van der Waals surface area contributed by atoms with Crippen LogP contribution in [-0.2, 0) is 32.2 Å². The molecule has 1 aliphatic carbocycles. The molecule has 1 saturated heterocycles. The minimum absolute atomic E-state index is 0.0911. The summed E-state index contributed by atoms with van der Waals surface area (Å²) in [6, 6.07) is 14.7. The Morgan fingerprint density at radius 2 is 1.87 bits per heavy atom. The SMILES string of the molecule is COCCCN1CCOc2ccc(CO[C@H]3CNC[C@@H](O)[C@@H]3c3ccc(COCC4C[C@@H]4OC)cc3)cc21. The lowest BCUT2D eigenvalue weighted by Gasteiger charge is -2.36. The van der Waals surface area contributed by atoms with Gasteiger partial charge in [-0.25, -0.2) is 0 Å². The van der Waals surface area contributed by atoms with Crippen molar-refractivity contribution in [2.24, 2.45) is 5.92 Å². The van der Waals surface area contributed by atoms with Crippen molar-refractivity contribution in [1.29, 1.82) is 0 Å². The number of methoxy groups -OCH3 is 2. The molecule has 2 aromatic carbocycles. The first-order valence-corrected chi connectivity index (χ1v) is 13.9. The smallest absolute Gasteiger partial charge is 0.142 e. The zero-order valence-electron chi connectivity index (χ0n) is 22.6. The van der Waals surface area contributed by atoms with Crippen LogP contribution in [0.4, 0.5) is 5.69 Å². The van der Waals surface area contributed by atoms with Gasteiger partial charge in [0.2, 0.25) is 0 Å². The molecular weight excluding hydrogens is 484 g/mol. The Morgan fingerprint density at radius 3 is 2.66 bits per heavy atom. The number of β-amino-alcohol motifs (C(OH)–C–C–N with tert-alkyl or cyclic N) is 1. The molecule has 0 spiro atoms. The number of rotatable bonds is 13. The van der Waals surface area contributed by atoms with Crippen LogP contribution in [0.3, 0.4) is 0 Å². The van der Waals surface area contributed by atoms with Crippen LogP contribution in [0.25, 0.3) is 0 Å². The number of ether oxygens (including phenoxy) is 5. The predicted molar refractivity (Wildman–Crippen MR) is 146 cm³/mol. The summed E-state index contributed by atoms with van der Waals surface area (Å²) in [6.07, 6.45) is 1.79. The van der Waals surface area contributed by atoms with E-state index in [1.54, 1.807) is 14.2 Å². The summed E-state index contributed by atoms with van der Waals surface area (Å²) < 4.78 is 28.8. The number of hydrogen-bond donors (Lipinski definition) is 2. The van der Waals surface area contributed by atoms with Gasteiger partial charge in [-0.3, -0.25) is 0 Å². The maximum Gasteiger partial charge on any atom is 0.142 e. The second-order valence-corrected chi connectivity index (χ2v) is 10.6. The van der Waals surface area contributed by atoms with Gasteiger partial charge >= 0.3 is 0 Å². The highest BCUT2D eigenvalue weighted by molar-refractivity contribution is 5.61. The van der Waals surface area contributed by atoms with Crippen molar-refractivity contribution in [1.82, 2.24) is 5.32 Å². The summed E-state index contributed by atoms with van der Waals surface area (Å²) >= 11 is 0. The van der Waals surface area contributed by atoms with Crippen molar-refractivity contribution in [2.45, 2.75) is 50.3 Å². The van der Waals surface area contributed by atoms with Crippen molar-refractivity contribution in [3.8, 4) is 5.75 Å². The Hall–Kier alpha value is -2.20. The summed E-state index contributed by atoms with van der Waals surface area (Å²) in [5.74, 6) is 1.36. The highest BCUT2D eigenvalue weighted by atomic mass is 16.5. The number of fused-ring (bicyclic) bond motifs is 1. The van der Waals surface area contributed by atoms with E-state index in [2.05, 4.69) is 46.6 Å². The number of nitrogens with one attached hydrogen (secondary N) is 1. The van der Waals surface area contributed by atoms with E-state index in [-0.39, 0.29) is 12.0 Å². The lowest BCUT2D eigenvalue weighted by Crippen LogP contribution is -2.49. The Balaban J connectivity index is 1.19. The van der Waals surface area contributed by atoms with Crippen molar-refractivity contribution < 1.29 is 28.8 Å². The molecule has 208 valence electrons. The third-order valence-electron chi connectivity index (χ3n) is 7.86. The molecule has 5 rings (SSSR count). The molecule has 2 aromatic rings. The fourth-order valence-corrected chi connectivity index (χ4v) is 5.57. The molecular formula is C30H42N2O6. The first kappa shape index (κ1) is 27.4. The predicted octanol–water partition coefficient (Wildman–Crippen LogP) is 3.11. The molecule has 0 bridgehead atoms. The number of benzene rings is 2. The zero-order valence-corrected chi connectivity index (χ0v) is 22.6. The number of aliphatic hydroxyl groups excluding tert-OH is 1. The minimum Gasteiger partial charge on any atom is -0.490 e. The second-order valence-electron chi connectivity index (χ2n) is 10.6. The van der Waals surface area contributed by atoms with E-state index in [0.717, 1.165) is 67.3 Å². The first-order valence-electron chi connectivity index (χ1n) is 13.9. The third kappa shape index (κ3) is 6.86. The van der Waals surface area contributed by atoms with Crippen molar-refractivity contribution in [2.75, 3.05) is 65.1 Å². The van der Waals surface area contributed by atoms with Gasteiger partial charge in [0.05, 0.1) is 50.4 Å². The van der Waals surface area contributed by atoms with Crippen molar-refractivity contribution in [3.05, 3.63) is 59.2 Å². The molecule has 1 unspecified atom stereocenters. The van der Waals surface area contributed by atoms with Crippen LogP contribution < -0.4 is 15.0 Å². The standard InChI is InChI=1S/C30H42N2O6/c1-34-12-3-10-32-11-13-37-27-9-6-22(14-25(27)32)19-38-29-17-31-16-26(33)30(29)23-7-4-21(5-8-23)18-36-20-24-15-28(24)35-2/h4-9,14,24,26,28-31,33H,3,10-13,15-20H2,1-2H3/t24?,26-,28+,29+,30+/m1/s1. The number of piperidine rings is 1. The Kier molecular flexibility index (Phi) is 9.54. The number of hydrogen-bond acceptors (Lipinski definition) is 8. The topological polar surface area (TPSA) is 81.7 Å². The summed E-state index contributed by atoms with van der Waals surface area (Å²) in [5, 5.41) is 14.2. The van der Waals surface area contributed by atoms with Gasteiger partial charge in [-0.2, -0.15) is 0 Å². The van der Waals surface area contributed by atoms with Gasteiger partial charge in [-0.15, -0.1) is 0 Å². The van der Waals surface area contributed by atoms with Gasteiger partial charge in [0.25, 0.3) is 0 Å². The lowest BCUT2D eigenvalue weighted by atomic mass is 9.85. The van der Waals surface area contributed by atoms with E-state index in [1.807, 2.05) is 6.07 Å². The van der Waals surface area contributed by atoms with Crippen LogP contribution >= 0.6 is 0 Å². The normalized spacial score (nSPS) is 26.6. The van der Waals surface area contributed by atoms with Crippen molar-refractivity contribution >= 4 is 5.69 Å². The molecule has 3 aliphatic rings. The van der Waals surface area contributed by atoms with E-state index in [0.29, 0.717) is 44.9 Å². The van der Waals surface area contributed by atoms with E-state index in [9.17, 15) is 5.11 Å². The van der Waals surface area contributed by atoms with E-state index in [4.69, 9.17) is 23.7 Å². The lowest BCUT2D eigenvalue weighted by molar-refractivity contribution is -0.0328. The average molecular weight is 527 g/mol. The number of aliphatic hydroxyl groups is 1. The largest absolute Gasteiger partial charge is 0.490 e. The van der Waals surface area contributed by atoms with Gasteiger partial charge < -0.3 is 39.0 Å². The molecule has 38 heavy (non-hydrogen) atoms. The number of nitrogens with zero attached hydrogens (tertiary/aromatic N) is 1. The highest BCUT2D eigenvalue weighted by Crippen LogP contribution is 2.35. The molecule has 0 aromatic heterocycles.